The van der Waals surface area contributed by atoms with Gasteiger partial charge in [-0.1, -0.05) is 25.4 Å². The Balaban J connectivity index is 0.000000561. The fraction of sp³-hybridized carbons (Fsp3) is 0.250. The van der Waals surface area contributed by atoms with Crippen LogP contribution in [0.3, 0.4) is 0 Å². The Kier molecular flexibility index (Phi) is 4.98. The van der Waals surface area contributed by atoms with Crippen LogP contribution in [0.5, 0.6) is 0 Å². The Morgan fingerprint density at radius 1 is 1.58 bits per heavy atom. The van der Waals surface area contributed by atoms with Crippen LogP contribution in [-0.4, -0.2) is 4.98 Å². The summed E-state index contributed by atoms with van der Waals surface area (Å²) in [4.78, 5) is 6.56. The van der Waals surface area contributed by atoms with Gasteiger partial charge in [-0.15, -0.1) is 0 Å². The van der Waals surface area contributed by atoms with E-state index in [0.717, 1.165) is 6.07 Å². The molecule has 2 nitrogen and oxygen atoms in total. The second kappa shape index (κ2) is 5.50. The van der Waals surface area contributed by atoms with Gasteiger partial charge < -0.3 is 0 Å². The van der Waals surface area contributed by atoms with Crippen LogP contribution in [0.1, 0.15) is 13.8 Å². The molecule has 0 spiro atoms. The quantitative estimate of drug-likeness (QED) is 0.608. The largest absolute Gasteiger partial charge is 0.461 e. The molecule has 0 saturated carbocycles. The van der Waals surface area contributed by atoms with Gasteiger partial charge in [0.15, 0.2) is 6.20 Å². The molecular formula is C8H9ClFN2+. The highest BCUT2D eigenvalue weighted by molar-refractivity contribution is 6.30. The van der Waals surface area contributed by atoms with E-state index in [-0.39, 0.29) is 10.8 Å². The molecule has 0 aliphatic rings. The van der Waals surface area contributed by atoms with Gasteiger partial charge in [0.05, 0.1) is 5.02 Å². The molecule has 12 heavy (non-hydrogen) atoms. The van der Waals surface area contributed by atoms with Gasteiger partial charge in [0.1, 0.15) is 6.57 Å². The number of hydrogen-bond acceptors (Lipinski definition) is 1. The van der Waals surface area contributed by atoms with E-state index in [9.17, 15) is 4.39 Å². The Hall–Kier alpha value is -1.14. The average Bonchev–Trinajstić information content (AvgIpc) is 2.08. The van der Waals surface area contributed by atoms with E-state index in [1.54, 1.807) is 0 Å². The van der Waals surface area contributed by atoms with Crippen molar-refractivity contribution in [3.05, 3.63) is 27.9 Å². The molecule has 64 valence electrons. The number of rotatable bonds is 0. The molecule has 4 heteroatoms. The Morgan fingerprint density at radius 3 is 2.58 bits per heavy atom. The van der Waals surface area contributed by atoms with Crippen LogP contribution in [-0.2, 0) is 0 Å². The fourth-order valence-electron chi connectivity index (χ4n) is 0.502. The number of pyridine rings is 1. The summed E-state index contributed by atoms with van der Waals surface area (Å²) in [6.07, 6.45) is 1.27. The summed E-state index contributed by atoms with van der Waals surface area (Å²) in [7, 11) is 0. The minimum atomic E-state index is -0.616. The lowest BCUT2D eigenvalue weighted by atomic mass is 10.4. The summed E-state index contributed by atoms with van der Waals surface area (Å²) in [6.45, 7) is 8.78. The second-order valence-electron chi connectivity index (χ2n) is 1.59. The molecule has 0 radical (unpaired) electrons. The van der Waals surface area contributed by atoms with Crippen molar-refractivity contribution in [1.82, 2.24) is 4.98 Å². The first-order valence-corrected chi connectivity index (χ1v) is 3.84. The highest BCUT2D eigenvalue weighted by Gasteiger charge is 2.11. The topological polar surface area (TPSA) is 17.2 Å². The maximum Gasteiger partial charge on any atom is 0.461 e. The van der Waals surface area contributed by atoms with Crippen molar-refractivity contribution in [3.8, 4) is 6.57 Å². The fourth-order valence-corrected chi connectivity index (χ4v) is 0.647. The van der Waals surface area contributed by atoms with Gasteiger partial charge in [-0.3, -0.25) is 0 Å². The van der Waals surface area contributed by atoms with Crippen molar-refractivity contribution in [1.29, 1.82) is 0 Å². The van der Waals surface area contributed by atoms with Crippen molar-refractivity contribution < 1.29 is 4.39 Å². The third-order valence-corrected chi connectivity index (χ3v) is 1.12. The first-order chi connectivity index (χ1) is 5.74. The van der Waals surface area contributed by atoms with Crippen molar-refractivity contribution in [2.75, 3.05) is 0 Å². The van der Waals surface area contributed by atoms with Gasteiger partial charge in [0, 0.05) is 6.07 Å². The molecule has 1 rings (SSSR count). The maximum atomic E-state index is 12.5. The molecule has 0 aliphatic heterocycles. The van der Waals surface area contributed by atoms with E-state index in [0.29, 0.717) is 0 Å². The average molecular weight is 188 g/mol. The van der Waals surface area contributed by atoms with Gasteiger partial charge in [-0.2, -0.15) is 9.24 Å². The minimum absolute atomic E-state index is 0.135. The molecule has 0 atom stereocenters. The van der Waals surface area contributed by atoms with Crippen LogP contribution in [0.15, 0.2) is 12.3 Å². The Bertz CT molecular complexity index is 294. The SMILES string of the molecule is C#[N+]c1ncc(Cl)cc1F.CC. The second-order valence-corrected chi connectivity index (χ2v) is 2.02. The monoisotopic (exact) mass is 187 g/mol. The van der Waals surface area contributed by atoms with Crippen LogP contribution in [0, 0.1) is 12.4 Å². The van der Waals surface area contributed by atoms with E-state index in [1.807, 2.05) is 13.8 Å². The summed E-state index contributed by atoms with van der Waals surface area (Å²) in [5.74, 6) is -0.751. The smallest absolute Gasteiger partial charge is 0.196 e. The van der Waals surface area contributed by atoms with Gasteiger partial charge in [0.2, 0.25) is 5.82 Å². The predicted molar refractivity (Wildman–Crippen MR) is 48.5 cm³/mol. The highest BCUT2D eigenvalue weighted by atomic mass is 35.5. The van der Waals surface area contributed by atoms with Gasteiger partial charge >= 0.3 is 5.82 Å². The van der Waals surface area contributed by atoms with Crippen LogP contribution in [0.2, 0.25) is 5.02 Å². The maximum absolute atomic E-state index is 12.5. The first-order valence-electron chi connectivity index (χ1n) is 3.46. The van der Waals surface area contributed by atoms with Gasteiger partial charge in [-0.25, -0.2) is 0 Å². The molecule has 1 aromatic rings. The Labute approximate surface area is 75.8 Å². The first kappa shape index (κ1) is 10.9. The lowest BCUT2D eigenvalue weighted by molar-refractivity contribution is 0.629. The van der Waals surface area contributed by atoms with Crippen molar-refractivity contribution in [3.63, 3.8) is 0 Å². The molecule has 0 aliphatic carbocycles. The van der Waals surface area contributed by atoms with Crippen LogP contribution in [0.25, 0.3) is 4.85 Å². The van der Waals surface area contributed by atoms with Gasteiger partial charge in [-0.05, 0) is 4.98 Å². The number of halogens is 2. The van der Waals surface area contributed by atoms with E-state index in [2.05, 4.69) is 9.83 Å². The predicted octanol–water partition coefficient (Wildman–Crippen LogP) is 3.49. The van der Waals surface area contributed by atoms with E-state index in [1.165, 1.54) is 6.20 Å². The minimum Gasteiger partial charge on any atom is -0.196 e. The third-order valence-electron chi connectivity index (χ3n) is 0.911. The number of hydrogen-bond donors (Lipinski definition) is 0. The molecular weight excluding hydrogens is 179 g/mol. The third kappa shape index (κ3) is 2.85. The van der Waals surface area contributed by atoms with E-state index < -0.39 is 5.82 Å². The van der Waals surface area contributed by atoms with Gasteiger partial charge in [0.25, 0.3) is 0 Å². The molecule has 0 amide bonds. The van der Waals surface area contributed by atoms with Crippen molar-refractivity contribution in [2.45, 2.75) is 13.8 Å². The van der Waals surface area contributed by atoms with Crippen LogP contribution < -0.4 is 0 Å². The normalized spacial score (nSPS) is 7.92. The number of nitrogens with zero attached hydrogens (tertiary/aromatic N) is 2. The molecule has 0 unspecified atom stereocenters. The number of aromatic nitrogens is 1. The van der Waals surface area contributed by atoms with E-state index >= 15 is 0 Å². The lowest BCUT2D eigenvalue weighted by Gasteiger charge is -1.81. The zero-order valence-corrected chi connectivity index (χ0v) is 7.64. The Morgan fingerprint density at radius 2 is 2.17 bits per heavy atom. The molecule has 1 heterocycles. The summed E-state index contributed by atoms with van der Waals surface area (Å²) >= 11 is 5.39. The van der Waals surface area contributed by atoms with E-state index in [4.69, 9.17) is 18.2 Å². The summed E-state index contributed by atoms with van der Waals surface area (Å²) in [5, 5.41) is 0.227. The lowest BCUT2D eigenvalue weighted by Crippen LogP contribution is -1.78. The standard InChI is InChI=1S/C6H3ClFN2.C2H6/c1-9-6-5(8)2-4(7)3-10-6;1-2/h1-3H;1-2H3/q+1;. The zero-order valence-electron chi connectivity index (χ0n) is 6.88. The molecule has 0 bridgehead atoms. The highest BCUT2D eigenvalue weighted by Crippen LogP contribution is 2.17. The molecule has 0 saturated heterocycles. The molecule has 1 aromatic heterocycles. The summed E-state index contributed by atoms with van der Waals surface area (Å²) in [5.41, 5.74) is 0. The molecule has 0 N–H and O–H groups in total. The van der Waals surface area contributed by atoms with Crippen LogP contribution >= 0.6 is 11.6 Å². The summed E-state index contributed by atoms with van der Waals surface area (Å²) < 4.78 is 12.5. The molecule has 0 aromatic carbocycles. The summed E-state index contributed by atoms with van der Waals surface area (Å²) in [6, 6.07) is 1.10. The zero-order chi connectivity index (χ0) is 9.56. The van der Waals surface area contributed by atoms with Crippen molar-refractivity contribution >= 4 is 17.4 Å². The molecule has 0 fully saturated rings. The van der Waals surface area contributed by atoms with Crippen molar-refractivity contribution in [2.24, 2.45) is 0 Å². The van der Waals surface area contributed by atoms with Crippen LogP contribution in [0.4, 0.5) is 10.2 Å².